The third-order valence-electron chi connectivity index (χ3n) is 2.41. The lowest BCUT2D eigenvalue weighted by Crippen LogP contribution is -1.96. The van der Waals surface area contributed by atoms with Gasteiger partial charge in [0.15, 0.2) is 0 Å². The Hall–Kier alpha value is -2.16. The summed E-state index contributed by atoms with van der Waals surface area (Å²) in [6.45, 7) is 0. The first-order chi connectivity index (χ1) is 9.02. The van der Waals surface area contributed by atoms with Crippen LogP contribution in [0.4, 0.5) is 5.69 Å². The van der Waals surface area contributed by atoms with Gasteiger partial charge < -0.3 is 0 Å². The molecule has 0 radical (unpaired) electrons. The fourth-order valence-corrected chi connectivity index (χ4v) is 1.94. The van der Waals surface area contributed by atoms with Crippen LogP contribution in [0.5, 0.6) is 0 Å². The molecule has 7 heteroatoms. The number of halogens is 2. The van der Waals surface area contributed by atoms with Crippen molar-refractivity contribution in [1.29, 1.82) is 5.26 Å². The van der Waals surface area contributed by atoms with Crippen molar-refractivity contribution < 1.29 is 4.92 Å². The van der Waals surface area contributed by atoms with E-state index in [4.69, 9.17) is 28.5 Å². The molecule has 0 aliphatic rings. The molecule has 0 amide bonds. The van der Waals surface area contributed by atoms with E-state index in [1.165, 1.54) is 12.3 Å². The second-order valence-corrected chi connectivity index (χ2v) is 4.43. The molecule has 1 aromatic carbocycles. The van der Waals surface area contributed by atoms with Crippen LogP contribution in [0.1, 0.15) is 5.69 Å². The van der Waals surface area contributed by atoms with Gasteiger partial charge in [0.1, 0.15) is 6.07 Å². The fraction of sp³-hybridized carbons (Fsp3) is 0. The van der Waals surface area contributed by atoms with Crippen LogP contribution in [0.2, 0.25) is 10.0 Å². The maximum absolute atomic E-state index is 10.9. The molecule has 2 aromatic rings. The minimum absolute atomic E-state index is 0.244. The van der Waals surface area contributed by atoms with Crippen LogP contribution < -0.4 is 0 Å². The Balaban J connectivity index is 2.64. The highest BCUT2D eigenvalue weighted by Crippen LogP contribution is 2.32. The Morgan fingerprint density at radius 2 is 2.05 bits per heavy atom. The van der Waals surface area contributed by atoms with E-state index in [-0.39, 0.29) is 11.4 Å². The Bertz CT molecular complexity index is 711. The summed E-state index contributed by atoms with van der Waals surface area (Å²) in [6.07, 6.45) is 1.35. The number of aromatic nitrogens is 1. The van der Waals surface area contributed by atoms with Gasteiger partial charge in [-0.05, 0) is 18.2 Å². The van der Waals surface area contributed by atoms with E-state index in [1.54, 1.807) is 24.3 Å². The molecule has 0 bridgehead atoms. The Morgan fingerprint density at radius 3 is 2.68 bits per heavy atom. The average molecular weight is 294 g/mol. The number of hydrogen-bond acceptors (Lipinski definition) is 4. The number of pyridine rings is 1. The van der Waals surface area contributed by atoms with E-state index in [2.05, 4.69) is 4.98 Å². The van der Waals surface area contributed by atoms with E-state index in [1.807, 2.05) is 0 Å². The average Bonchev–Trinajstić information content (AvgIpc) is 2.40. The van der Waals surface area contributed by atoms with Crippen molar-refractivity contribution in [2.24, 2.45) is 0 Å². The molecule has 0 aliphatic heterocycles. The maximum Gasteiger partial charge on any atom is 0.306 e. The number of nitriles is 1. The molecule has 0 saturated carbocycles. The highest BCUT2D eigenvalue weighted by molar-refractivity contribution is 6.35. The molecule has 0 unspecified atom stereocenters. The SMILES string of the molecule is N#Cc1ncc(-c2cc(Cl)ccc2Cl)cc1[N+](=O)[O-]. The largest absolute Gasteiger partial charge is 0.306 e. The van der Waals surface area contributed by atoms with Gasteiger partial charge in [-0.2, -0.15) is 5.26 Å². The van der Waals surface area contributed by atoms with E-state index < -0.39 is 4.92 Å². The normalized spacial score (nSPS) is 9.95. The summed E-state index contributed by atoms with van der Waals surface area (Å²) < 4.78 is 0. The van der Waals surface area contributed by atoms with Crippen molar-refractivity contribution in [3.8, 4) is 17.2 Å². The number of benzene rings is 1. The van der Waals surface area contributed by atoms with Gasteiger partial charge in [0.05, 0.1) is 4.92 Å². The van der Waals surface area contributed by atoms with Crippen LogP contribution >= 0.6 is 23.2 Å². The van der Waals surface area contributed by atoms with Crippen LogP contribution in [-0.2, 0) is 0 Å². The summed E-state index contributed by atoms with van der Waals surface area (Å²) in [6, 6.07) is 7.70. The molecule has 5 nitrogen and oxygen atoms in total. The summed E-state index contributed by atoms with van der Waals surface area (Å²) in [7, 11) is 0. The summed E-state index contributed by atoms with van der Waals surface area (Å²) >= 11 is 11.9. The zero-order valence-corrected chi connectivity index (χ0v) is 10.8. The lowest BCUT2D eigenvalue weighted by molar-refractivity contribution is -0.385. The van der Waals surface area contributed by atoms with E-state index in [9.17, 15) is 10.1 Å². The second-order valence-electron chi connectivity index (χ2n) is 3.58. The van der Waals surface area contributed by atoms with Crippen molar-refractivity contribution in [3.05, 3.63) is 56.3 Å². The number of hydrogen-bond donors (Lipinski definition) is 0. The van der Waals surface area contributed by atoms with Gasteiger partial charge in [-0.15, -0.1) is 0 Å². The van der Waals surface area contributed by atoms with Crippen LogP contribution in [-0.4, -0.2) is 9.91 Å². The summed E-state index contributed by atoms with van der Waals surface area (Å²) in [4.78, 5) is 14.0. The first-order valence-electron chi connectivity index (χ1n) is 5.03. The Kier molecular flexibility index (Phi) is 3.65. The minimum atomic E-state index is -0.659. The molecule has 0 aliphatic carbocycles. The molecule has 0 saturated heterocycles. The summed E-state index contributed by atoms with van der Waals surface area (Å²) in [5.74, 6) is 0. The molecule has 0 N–H and O–H groups in total. The van der Waals surface area contributed by atoms with Gasteiger partial charge in [0, 0.05) is 33.4 Å². The van der Waals surface area contributed by atoms with Crippen molar-refractivity contribution in [2.75, 3.05) is 0 Å². The zero-order valence-electron chi connectivity index (χ0n) is 9.30. The molecular formula is C12H5Cl2N3O2. The highest BCUT2D eigenvalue weighted by atomic mass is 35.5. The fourth-order valence-electron chi connectivity index (χ4n) is 1.54. The third-order valence-corrected chi connectivity index (χ3v) is 2.97. The molecule has 0 spiro atoms. The lowest BCUT2D eigenvalue weighted by Gasteiger charge is -2.05. The van der Waals surface area contributed by atoms with Gasteiger partial charge in [0.25, 0.3) is 0 Å². The number of nitro groups is 1. The standard InChI is InChI=1S/C12H5Cl2N3O2/c13-8-1-2-10(14)9(4-8)7-3-12(17(18)19)11(5-15)16-6-7/h1-4,6H. The monoisotopic (exact) mass is 293 g/mol. The quantitative estimate of drug-likeness (QED) is 0.622. The third kappa shape index (κ3) is 2.65. The van der Waals surface area contributed by atoms with Gasteiger partial charge in [-0.3, -0.25) is 10.1 Å². The van der Waals surface area contributed by atoms with Crippen LogP contribution in [0.25, 0.3) is 11.1 Å². The van der Waals surface area contributed by atoms with E-state index in [0.717, 1.165) is 0 Å². The van der Waals surface area contributed by atoms with Crippen molar-refractivity contribution in [1.82, 2.24) is 4.98 Å². The minimum Gasteiger partial charge on any atom is -0.258 e. The predicted octanol–water partition coefficient (Wildman–Crippen LogP) is 3.84. The molecule has 94 valence electrons. The molecular weight excluding hydrogens is 289 g/mol. The molecule has 2 rings (SSSR count). The number of rotatable bonds is 2. The first-order valence-corrected chi connectivity index (χ1v) is 5.78. The Morgan fingerprint density at radius 1 is 1.32 bits per heavy atom. The lowest BCUT2D eigenvalue weighted by atomic mass is 10.1. The van der Waals surface area contributed by atoms with Crippen LogP contribution in [0.15, 0.2) is 30.5 Å². The first kappa shape index (κ1) is 13.3. The highest BCUT2D eigenvalue weighted by Gasteiger charge is 2.17. The predicted molar refractivity (Wildman–Crippen MR) is 71.1 cm³/mol. The second kappa shape index (κ2) is 5.22. The summed E-state index contributed by atoms with van der Waals surface area (Å²) in [5, 5.41) is 20.5. The topological polar surface area (TPSA) is 79.8 Å². The van der Waals surface area contributed by atoms with Crippen molar-refractivity contribution in [2.45, 2.75) is 0 Å². The van der Waals surface area contributed by atoms with E-state index in [0.29, 0.717) is 21.2 Å². The van der Waals surface area contributed by atoms with Gasteiger partial charge >= 0.3 is 5.69 Å². The van der Waals surface area contributed by atoms with Gasteiger partial charge in [-0.25, -0.2) is 4.98 Å². The van der Waals surface area contributed by atoms with Crippen LogP contribution in [0.3, 0.4) is 0 Å². The van der Waals surface area contributed by atoms with Crippen molar-refractivity contribution >= 4 is 28.9 Å². The van der Waals surface area contributed by atoms with Crippen LogP contribution in [0, 0.1) is 21.4 Å². The molecule has 0 atom stereocenters. The molecule has 1 aromatic heterocycles. The van der Waals surface area contributed by atoms with Gasteiger partial charge in [-0.1, -0.05) is 23.2 Å². The molecule has 1 heterocycles. The Labute approximate surface area is 118 Å². The zero-order chi connectivity index (χ0) is 14.0. The maximum atomic E-state index is 10.9. The molecule has 0 fully saturated rings. The number of nitrogens with zero attached hydrogens (tertiary/aromatic N) is 3. The smallest absolute Gasteiger partial charge is 0.258 e. The summed E-state index contributed by atoms with van der Waals surface area (Å²) in [5.41, 5.74) is 0.343. The molecule has 19 heavy (non-hydrogen) atoms. The van der Waals surface area contributed by atoms with E-state index >= 15 is 0 Å². The van der Waals surface area contributed by atoms with Gasteiger partial charge in [0.2, 0.25) is 5.69 Å². The van der Waals surface area contributed by atoms with Crippen molar-refractivity contribution in [3.63, 3.8) is 0 Å².